The number of carbonyl (C=O) groups excluding carboxylic acids is 2. The Morgan fingerprint density at radius 2 is 1.66 bits per heavy atom. The lowest BCUT2D eigenvalue weighted by Crippen LogP contribution is -2.49. The molecule has 0 aromatic heterocycles. The Bertz CT molecular complexity index is 867. The molecule has 1 aliphatic heterocycles. The molecule has 3 rings (SSSR count). The van der Waals surface area contributed by atoms with Crippen LogP contribution in [0.15, 0.2) is 54.6 Å². The van der Waals surface area contributed by atoms with Crippen molar-refractivity contribution < 1.29 is 14.3 Å². The molecule has 2 aromatic rings. The van der Waals surface area contributed by atoms with Gasteiger partial charge in [0.1, 0.15) is 0 Å². The van der Waals surface area contributed by atoms with Gasteiger partial charge in [-0.3, -0.25) is 4.79 Å². The molecule has 1 amide bonds. The van der Waals surface area contributed by atoms with Gasteiger partial charge in [-0.05, 0) is 62.4 Å². The summed E-state index contributed by atoms with van der Waals surface area (Å²) >= 11 is 5.99. The van der Waals surface area contributed by atoms with Crippen molar-refractivity contribution in [1.29, 1.82) is 0 Å². The van der Waals surface area contributed by atoms with E-state index < -0.39 is 5.97 Å². The van der Waals surface area contributed by atoms with Gasteiger partial charge >= 0.3 is 5.97 Å². The van der Waals surface area contributed by atoms with Crippen LogP contribution in [0.3, 0.4) is 0 Å². The Morgan fingerprint density at radius 1 is 1.03 bits per heavy atom. The maximum Gasteiger partial charge on any atom is 0.339 e. The molecule has 29 heavy (non-hydrogen) atoms. The van der Waals surface area contributed by atoms with Crippen LogP contribution >= 0.6 is 11.6 Å². The maximum absolute atomic E-state index is 12.9. The van der Waals surface area contributed by atoms with Crippen LogP contribution in [0, 0.1) is 0 Å². The number of benzene rings is 2. The van der Waals surface area contributed by atoms with E-state index in [1.165, 1.54) is 0 Å². The first-order chi connectivity index (χ1) is 14.0. The molecular weight excluding hydrogens is 386 g/mol. The van der Waals surface area contributed by atoms with Crippen LogP contribution in [0.5, 0.6) is 0 Å². The number of hydrogen-bond acceptors (Lipinski definition) is 3. The number of esters is 1. The molecular formula is C24H26ClNO3. The average molecular weight is 412 g/mol. The van der Waals surface area contributed by atoms with Crippen molar-refractivity contribution >= 4 is 35.1 Å². The zero-order chi connectivity index (χ0) is 20.8. The predicted molar refractivity (Wildman–Crippen MR) is 116 cm³/mol. The van der Waals surface area contributed by atoms with Crippen LogP contribution in [-0.2, 0) is 14.3 Å². The number of amides is 1. The van der Waals surface area contributed by atoms with Gasteiger partial charge in [-0.2, -0.15) is 0 Å². The zero-order valence-corrected chi connectivity index (χ0v) is 17.6. The van der Waals surface area contributed by atoms with Crippen LogP contribution in [0.1, 0.15) is 44.2 Å². The lowest BCUT2D eigenvalue weighted by Gasteiger charge is -2.38. The van der Waals surface area contributed by atoms with E-state index in [4.69, 9.17) is 16.3 Å². The van der Waals surface area contributed by atoms with E-state index in [0.29, 0.717) is 16.2 Å². The van der Waals surface area contributed by atoms with Gasteiger partial charge in [-0.15, -0.1) is 0 Å². The van der Waals surface area contributed by atoms with E-state index in [1.807, 2.05) is 49.1 Å². The molecule has 1 saturated heterocycles. The number of likely N-dealkylation sites (tertiary alicyclic amines) is 1. The summed E-state index contributed by atoms with van der Waals surface area (Å²) in [6.07, 6.45) is 4.84. The second-order valence-electron chi connectivity index (χ2n) is 7.48. The van der Waals surface area contributed by atoms with Crippen molar-refractivity contribution in [3.05, 3.63) is 70.7 Å². The first kappa shape index (κ1) is 21.1. The first-order valence-electron chi connectivity index (χ1n) is 9.96. The van der Waals surface area contributed by atoms with Gasteiger partial charge in [-0.1, -0.05) is 54.1 Å². The molecule has 0 spiro atoms. The molecule has 1 heterocycles. The van der Waals surface area contributed by atoms with E-state index >= 15 is 0 Å². The van der Waals surface area contributed by atoms with Crippen LogP contribution in [-0.4, -0.2) is 35.5 Å². The summed E-state index contributed by atoms with van der Waals surface area (Å²) in [4.78, 5) is 27.4. The Hall–Kier alpha value is -2.59. The highest BCUT2D eigenvalue weighted by molar-refractivity contribution is 6.30. The highest BCUT2D eigenvalue weighted by atomic mass is 35.5. The highest BCUT2D eigenvalue weighted by Crippen LogP contribution is 2.24. The van der Waals surface area contributed by atoms with Gasteiger partial charge in [0.05, 0.1) is 5.57 Å². The minimum atomic E-state index is -0.526. The van der Waals surface area contributed by atoms with E-state index in [-0.39, 0.29) is 24.6 Å². The second-order valence-corrected chi connectivity index (χ2v) is 7.92. The molecule has 1 fully saturated rings. The SMILES string of the molecule is CC1CCCC(C)N1C(=O)COC(=O)/C(=C/c1ccccc1)c1ccc(Cl)cc1. The largest absolute Gasteiger partial charge is 0.452 e. The van der Waals surface area contributed by atoms with Crippen molar-refractivity contribution in [2.45, 2.75) is 45.2 Å². The van der Waals surface area contributed by atoms with Gasteiger partial charge in [0, 0.05) is 17.1 Å². The van der Waals surface area contributed by atoms with Crippen LogP contribution in [0.2, 0.25) is 5.02 Å². The summed E-state index contributed by atoms with van der Waals surface area (Å²) in [5.41, 5.74) is 1.95. The maximum atomic E-state index is 12.9. The number of halogens is 1. The molecule has 2 aromatic carbocycles. The zero-order valence-electron chi connectivity index (χ0n) is 16.8. The molecule has 0 bridgehead atoms. The smallest absolute Gasteiger partial charge is 0.339 e. The summed E-state index contributed by atoms with van der Waals surface area (Å²) in [7, 11) is 0. The summed E-state index contributed by atoms with van der Waals surface area (Å²) in [5.74, 6) is -0.671. The molecule has 0 aliphatic carbocycles. The quantitative estimate of drug-likeness (QED) is 0.385. The molecule has 0 radical (unpaired) electrons. The van der Waals surface area contributed by atoms with Crippen molar-refractivity contribution in [2.24, 2.45) is 0 Å². The number of piperidine rings is 1. The fraction of sp³-hybridized carbons (Fsp3) is 0.333. The molecule has 2 unspecified atom stereocenters. The van der Waals surface area contributed by atoms with Gasteiger partial charge in [0.15, 0.2) is 6.61 Å². The number of ether oxygens (including phenoxy) is 1. The lowest BCUT2D eigenvalue weighted by molar-refractivity contribution is -0.151. The van der Waals surface area contributed by atoms with E-state index in [2.05, 4.69) is 0 Å². The van der Waals surface area contributed by atoms with Crippen LogP contribution in [0.4, 0.5) is 0 Å². The molecule has 0 saturated carbocycles. The first-order valence-corrected chi connectivity index (χ1v) is 10.3. The fourth-order valence-corrected chi connectivity index (χ4v) is 3.92. The molecule has 1 aliphatic rings. The van der Waals surface area contributed by atoms with Crippen molar-refractivity contribution in [1.82, 2.24) is 4.90 Å². The fourth-order valence-electron chi connectivity index (χ4n) is 3.80. The van der Waals surface area contributed by atoms with E-state index in [1.54, 1.807) is 30.3 Å². The number of hydrogen-bond donors (Lipinski definition) is 0. The third-order valence-electron chi connectivity index (χ3n) is 5.29. The molecule has 5 heteroatoms. The second kappa shape index (κ2) is 9.75. The minimum Gasteiger partial charge on any atom is -0.452 e. The van der Waals surface area contributed by atoms with Crippen LogP contribution < -0.4 is 0 Å². The van der Waals surface area contributed by atoms with E-state index in [0.717, 1.165) is 24.8 Å². The Labute approximate surface area is 177 Å². The normalized spacial score (nSPS) is 19.7. The summed E-state index contributed by atoms with van der Waals surface area (Å²) in [6.45, 7) is 3.83. The van der Waals surface area contributed by atoms with Crippen molar-refractivity contribution in [3.8, 4) is 0 Å². The lowest BCUT2D eigenvalue weighted by atomic mass is 9.97. The highest BCUT2D eigenvalue weighted by Gasteiger charge is 2.29. The van der Waals surface area contributed by atoms with Crippen LogP contribution in [0.25, 0.3) is 11.6 Å². The standard InChI is InChI=1S/C24H26ClNO3/c1-17-7-6-8-18(2)26(17)23(27)16-29-24(28)22(15-19-9-4-3-5-10-19)20-11-13-21(25)14-12-20/h3-5,9-15,17-18H,6-8,16H2,1-2H3/b22-15+. The average Bonchev–Trinajstić information content (AvgIpc) is 2.71. The molecule has 2 atom stereocenters. The van der Waals surface area contributed by atoms with Gasteiger partial charge in [-0.25, -0.2) is 4.79 Å². The van der Waals surface area contributed by atoms with E-state index in [9.17, 15) is 9.59 Å². The molecule has 4 nitrogen and oxygen atoms in total. The predicted octanol–water partition coefficient (Wildman–Crippen LogP) is 5.21. The summed E-state index contributed by atoms with van der Waals surface area (Å²) in [6, 6.07) is 16.9. The summed E-state index contributed by atoms with van der Waals surface area (Å²) in [5, 5.41) is 0.587. The molecule has 152 valence electrons. The third-order valence-corrected chi connectivity index (χ3v) is 5.55. The van der Waals surface area contributed by atoms with Crippen molar-refractivity contribution in [3.63, 3.8) is 0 Å². The topological polar surface area (TPSA) is 46.6 Å². The Balaban J connectivity index is 1.77. The number of carbonyl (C=O) groups is 2. The van der Waals surface area contributed by atoms with Crippen molar-refractivity contribution in [2.75, 3.05) is 6.61 Å². The van der Waals surface area contributed by atoms with Gasteiger partial charge < -0.3 is 9.64 Å². The number of nitrogens with zero attached hydrogens (tertiary/aromatic N) is 1. The number of rotatable bonds is 5. The Kier molecular flexibility index (Phi) is 7.10. The molecule has 0 N–H and O–H groups in total. The Morgan fingerprint density at radius 3 is 2.28 bits per heavy atom. The summed E-state index contributed by atoms with van der Waals surface area (Å²) < 4.78 is 5.44. The third kappa shape index (κ3) is 5.48. The monoisotopic (exact) mass is 411 g/mol. The minimum absolute atomic E-state index is 0.145. The van der Waals surface area contributed by atoms with Gasteiger partial charge in [0.2, 0.25) is 0 Å². The van der Waals surface area contributed by atoms with Gasteiger partial charge in [0.25, 0.3) is 5.91 Å².